The highest BCUT2D eigenvalue weighted by Crippen LogP contribution is 2.19. The van der Waals surface area contributed by atoms with Crippen LogP contribution >= 0.6 is 11.8 Å². The van der Waals surface area contributed by atoms with E-state index < -0.39 is 0 Å². The Balaban J connectivity index is 1.62. The van der Waals surface area contributed by atoms with Gasteiger partial charge in [-0.2, -0.15) is 0 Å². The first-order chi connectivity index (χ1) is 11.7. The summed E-state index contributed by atoms with van der Waals surface area (Å²) in [5, 5.41) is 9.05. The van der Waals surface area contributed by atoms with E-state index in [0.29, 0.717) is 22.2 Å². The van der Waals surface area contributed by atoms with Gasteiger partial charge in [-0.25, -0.2) is 4.98 Å². The Morgan fingerprint density at radius 3 is 2.54 bits per heavy atom. The summed E-state index contributed by atoms with van der Waals surface area (Å²) in [5.74, 6) is 2.63. The summed E-state index contributed by atoms with van der Waals surface area (Å²) < 4.78 is 6.94. The molecule has 0 N–H and O–H groups in total. The molecule has 3 aromatic rings. The third-order valence-electron chi connectivity index (χ3n) is 3.46. The van der Waals surface area contributed by atoms with Crippen LogP contribution in [0.4, 0.5) is 0 Å². The second-order valence-corrected chi connectivity index (χ2v) is 6.01. The van der Waals surface area contributed by atoms with Crippen LogP contribution in [0.1, 0.15) is 16.2 Å². The van der Waals surface area contributed by atoms with Crippen LogP contribution in [0.15, 0.2) is 53.8 Å². The first-order valence-electron chi connectivity index (χ1n) is 7.31. The van der Waals surface area contributed by atoms with Gasteiger partial charge >= 0.3 is 0 Å². The third-order valence-corrected chi connectivity index (χ3v) is 4.38. The summed E-state index contributed by atoms with van der Waals surface area (Å²) in [7, 11) is 1.60. The van der Waals surface area contributed by atoms with Crippen LogP contribution in [0.3, 0.4) is 0 Å². The van der Waals surface area contributed by atoms with E-state index in [2.05, 4.69) is 15.2 Å². The number of aromatic nitrogens is 4. The summed E-state index contributed by atoms with van der Waals surface area (Å²) in [5.41, 5.74) is 0.655. The molecule has 0 saturated heterocycles. The van der Waals surface area contributed by atoms with Gasteiger partial charge in [0.25, 0.3) is 0 Å². The van der Waals surface area contributed by atoms with Gasteiger partial charge in [-0.1, -0.05) is 11.8 Å². The van der Waals surface area contributed by atoms with Crippen molar-refractivity contribution >= 4 is 17.5 Å². The molecule has 0 atom stereocenters. The van der Waals surface area contributed by atoms with E-state index in [-0.39, 0.29) is 5.78 Å². The predicted octanol–water partition coefficient (Wildman–Crippen LogP) is 2.95. The molecule has 1 aromatic carbocycles. The van der Waals surface area contributed by atoms with E-state index in [1.54, 1.807) is 37.6 Å². The van der Waals surface area contributed by atoms with Crippen LogP contribution in [-0.4, -0.2) is 38.4 Å². The molecule has 2 aromatic heterocycles. The second kappa shape index (κ2) is 7.27. The van der Waals surface area contributed by atoms with Gasteiger partial charge in [-0.15, -0.1) is 10.2 Å². The molecule has 0 bridgehead atoms. The molecule has 0 unspecified atom stereocenters. The van der Waals surface area contributed by atoms with Gasteiger partial charge in [-0.3, -0.25) is 9.36 Å². The zero-order valence-electron chi connectivity index (χ0n) is 13.3. The quantitative estimate of drug-likeness (QED) is 0.507. The molecule has 0 aliphatic rings. The van der Waals surface area contributed by atoms with E-state index in [0.717, 1.165) is 11.6 Å². The fourth-order valence-electron chi connectivity index (χ4n) is 2.14. The highest BCUT2D eigenvalue weighted by molar-refractivity contribution is 7.99. The van der Waals surface area contributed by atoms with Crippen LogP contribution in [-0.2, 0) is 0 Å². The number of ketones is 1. The lowest BCUT2D eigenvalue weighted by atomic mass is 10.1. The van der Waals surface area contributed by atoms with Crippen LogP contribution in [0.5, 0.6) is 5.75 Å². The van der Waals surface area contributed by atoms with Gasteiger partial charge < -0.3 is 4.74 Å². The molecule has 0 spiro atoms. The molecule has 0 saturated carbocycles. The summed E-state index contributed by atoms with van der Waals surface area (Å²) in [4.78, 5) is 16.4. The number of rotatable bonds is 6. The minimum atomic E-state index is 0.0407. The smallest absolute Gasteiger partial charge is 0.173 e. The molecular weight excluding hydrogens is 324 g/mol. The number of carbonyl (C=O) groups excluding carboxylic acids is 1. The fraction of sp³-hybridized carbons (Fsp3) is 0.176. The maximum absolute atomic E-state index is 12.2. The number of thioether (sulfide) groups is 1. The van der Waals surface area contributed by atoms with Crippen molar-refractivity contribution in [3.05, 3.63) is 60.2 Å². The zero-order valence-corrected chi connectivity index (χ0v) is 14.2. The van der Waals surface area contributed by atoms with Crippen molar-refractivity contribution < 1.29 is 9.53 Å². The number of aryl methyl sites for hydroxylation is 1. The van der Waals surface area contributed by atoms with E-state index >= 15 is 0 Å². The van der Waals surface area contributed by atoms with Gasteiger partial charge in [0, 0.05) is 18.0 Å². The summed E-state index contributed by atoms with van der Waals surface area (Å²) >= 11 is 1.36. The van der Waals surface area contributed by atoms with Crippen molar-refractivity contribution in [3.63, 3.8) is 0 Å². The maximum Gasteiger partial charge on any atom is 0.173 e. The lowest BCUT2D eigenvalue weighted by molar-refractivity contribution is 0.102. The molecule has 122 valence electrons. The topological polar surface area (TPSA) is 69.9 Å². The Kier molecular flexibility index (Phi) is 4.90. The number of imidazole rings is 1. The number of hydrogen-bond acceptors (Lipinski definition) is 6. The van der Waals surface area contributed by atoms with Gasteiger partial charge in [0.05, 0.1) is 12.9 Å². The first kappa shape index (κ1) is 16.2. The van der Waals surface area contributed by atoms with Crippen molar-refractivity contribution in [1.82, 2.24) is 19.7 Å². The standard InChI is InChI=1S/C17H16N4O2S/c1-12-18-9-10-21(12)16-7-8-17(20-19-16)24-11-15(22)13-3-5-14(23-2)6-4-13/h3-10H,11H2,1-2H3. The predicted molar refractivity (Wildman–Crippen MR) is 91.9 cm³/mol. The fourth-order valence-corrected chi connectivity index (χ4v) is 2.85. The van der Waals surface area contributed by atoms with Crippen molar-refractivity contribution in [2.45, 2.75) is 11.9 Å². The Morgan fingerprint density at radius 1 is 1.17 bits per heavy atom. The number of hydrogen-bond donors (Lipinski definition) is 0. The van der Waals surface area contributed by atoms with E-state index in [1.165, 1.54) is 11.8 Å². The zero-order chi connectivity index (χ0) is 16.9. The molecule has 0 radical (unpaired) electrons. The summed E-state index contributed by atoms with van der Waals surface area (Å²) in [6.07, 6.45) is 3.55. The number of ether oxygens (including phenoxy) is 1. The highest BCUT2D eigenvalue weighted by Gasteiger charge is 2.09. The molecule has 3 rings (SSSR count). The molecule has 24 heavy (non-hydrogen) atoms. The third kappa shape index (κ3) is 3.62. The number of methoxy groups -OCH3 is 1. The van der Waals surface area contributed by atoms with Gasteiger partial charge in [0.15, 0.2) is 11.6 Å². The van der Waals surface area contributed by atoms with Crippen LogP contribution in [0.2, 0.25) is 0 Å². The van der Waals surface area contributed by atoms with Gasteiger partial charge in [-0.05, 0) is 43.3 Å². The molecule has 0 amide bonds. The number of nitrogens with zero attached hydrogens (tertiary/aromatic N) is 4. The summed E-state index contributed by atoms with van der Waals surface area (Å²) in [6.45, 7) is 1.90. The lowest BCUT2D eigenvalue weighted by Crippen LogP contribution is -2.04. The number of Topliss-reactive ketones (excluding diaryl/α,β-unsaturated/α-hetero) is 1. The molecule has 0 aliphatic carbocycles. The molecule has 0 aliphatic heterocycles. The average molecular weight is 340 g/mol. The van der Waals surface area contributed by atoms with E-state index in [1.807, 2.05) is 29.8 Å². The van der Waals surface area contributed by atoms with Gasteiger partial charge in [0.1, 0.15) is 16.6 Å². The molecule has 2 heterocycles. The number of benzene rings is 1. The molecular formula is C17H16N4O2S. The Morgan fingerprint density at radius 2 is 1.96 bits per heavy atom. The van der Waals surface area contributed by atoms with Crippen molar-refractivity contribution in [2.75, 3.05) is 12.9 Å². The van der Waals surface area contributed by atoms with E-state index in [9.17, 15) is 4.79 Å². The van der Waals surface area contributed by atoms with Crippen LogP contribution in [0.25, 0.3) is 5.82 Å². The largest absolute Gasteiger partial charge is 0.497 e. The summed E-state index contributed by atoms with van der Waals surface area (Å²) in [6, 6.07) is 10.8. The Labute approximate surface area is 143 Å². The second-order valence-electron chi connectivity index (χ2n) is 5.01. The Hall–Kier alpha value is -2.67. The molecule has 6 nitrogen and oxygen atoms in total. The molecule has 7 heteroatoms. The van der Waals surface area contributed by atoms with Crippen molar-refractivity contribution in [2.24, 2.45) is 0 Å². The molecule has 0 fully saturated rings. The van der Waals surface area contributed by atoms with Gasteiger partial charge in [0.2, 0.25) is 0 Å². The van der Waals surface area contributed by atoms with Crippen LogP contribution < -0.4 is 4.74 Å². The highest BCUT2D eigenvalue weighted by atomic mass is 32.2. The van der Waals surface area contributed by atoms with Crippen LogP contribution in [0, 0.1) is 6.92 Å². The van der Waals surface area contributed by atoms with E-state index in [4.69, 9.17) is 4.74 Å². The first-order valence-corrected chi connectivity index (χ1v) is 8.30. The maximum atomic E-state index is 12.2. The minimum absolute atomic E-state index is 0.0407. The van der Waals surface area contributed by atoms with Crippen molar-refractivity contribution in [3.8, 4) is 11.6 Å². The normalized spacial score (nSPS) is 10.6. The van der Waals surface area contributed by atoms with Crippen molar-refractivity contribution in [1.29, 1.82) is 0 Å². The Bertz CT molecular complexity index is 829. The lowest BCUT2D eigenvalue weighted by Gasteiger charge is -2.05. The SMILES string of the molecule is COc1ccc(C(=O)CSc2ccc(-n3ccnc3C)nn2)cc1. The minimum Gasteiger partial charge on any atom is -0.497 e. The average Bonchev–Trinajstić information content (AvgIpc) is 3.06. The number of carbonyl (C=O) groups is 1. The monoisotopic (exact) mass is 340 g/mol.